The number of pyridine rings is 1. The van der Waals surface area contributed by atoms with Gasteiger partial charge in [0.15, 0.2) is 11.5 Å². The number of hydrogen-bond donors (Lipinski definition) is 2. The van der Waals surface area contributed by atoms with Crippen molar-refractivity contribution in [3.63, 3.8) is 0 Å². The first-order valence-electron chi connectivity index (χ1n) is 7.77. The summed E-state index contributed by atoms with van der Waals surface area (Å²) in [7, 11) is 0. The lowest BCUT2D eigenvalue weighted by Crippen LogP contribution is -2.12. The van der Waals surface area contributed by atoms with Crippen LogP contribution in [0, 0.1) is 0 Å². The number of benzene rings is 2. The lowest BCUT2D eigenvalue weighted by atomic mass is 10.2. The Kier molecular flexibility index (Phi) is 3.92. The fourth-order valence-electron chi connectivity index (χ4n) is 2.45. The molecule has 0 bridgehead atoms. The van der Waals surface area contributed by atoms with Crippen LogP contribution in [0.5, 0.6) is 11.5 Å². The number of anilines is 3. The number of nitrogens with zero attached hydrogens (tertiary/aromatic N) is 1. The van der Waals surface area contributed by atoms with E-state index in [1.165, 1.54) is 0 Å². The molecule has 6 heteroatoms. The molecule has 2 aromatic carbocycles. The molecule has 124 valence electrons. The number of ether oxygens (including phenoxy) is 2. The predicted molar refractivity (Wildman–Crippen MR) is 94.5 cm³/mol. The van der Waals surface area contributed by atoms with E-state index in [0.717, 1.165) is 5.69 Å². The summed E-state index contributed by atoms with van der Waals surface area (Å²) in [6.45, 7) is 0.181. The smallest absolute Gasteiger partial charge is 0.255 e. The van der Waals surface area contributed by atoms with E-state index in [1.807, 2.05) is 36.4 Å². The first-order chi connectivity index (χ1) is 12.3. The summed E-state index contributed by atoms with van der Waals surface area (Å²) < 4.78 is 10.5. The average molecular weight is 333 g/mol. The summed E-state index contributed by atoms with van der Waals surface area (Å²) in [5.74, 6) is 1.69. The molecule has 0 spiro atoms. The highest BCUT2D eigenvalue weighted by Gasteiger charge is 2.16. The zero-order chi connectivity index (χ0) is 17.1. The molecule has 1 aromatic heterocycles. The van der Waals surface area contributed by atoms with E-state index in [2.05, 4.69) is 15.6 Å². The highest BCUT2D eigenvalue weighted by Crippen LogP contribution is 2.32. The van der Waals surface area contributed by atoms with Crippen molar-refractivity contribution < 1.29 is 14.3 Å². The lowest BCUT2D eigenvalue weighted by molar-refractivity contribution is 0.102. The zero-order valence-electron chi connectivity index (χ0n) is 13.2. The van der Waals surface area contributed by atoms with Gasteiger partial charge >= 0.3 is 0 Å². The molecule has 6 nitrogen and oxygen atoms in total. The molecule has 2 N–H and O–H groups in total. The van der Waals surface area contributed by atoms with Gasteiger partial charge in [0.05, 0.1) is 11.9 Å². The molecular weight excluding hydrogens is 318 g/mol. The SMILES string of the molecule is O=C(Nc1ccc(Nc2ccccc2)nc1)c1ccc2c(c1)OCO2. The minimum Gasteiger partial charge on any atom is -0.454 e. The molecule has 1 aliphatic rings. The standard InChI is InChI=1S/C19H15N3O3/c23-19(13-6-8-16-17(10-13)25-12-24-16)22-15-7-9-18(20-11-15)21-14-4-2-1-3-5-14/h1-11H,12H2,(H,20,21)(H,22,23). The maximum absolute atomic E-state index is 12.3. The summed E-state index contributed by atoms with van der Waals surface area (Å²) in [5.41, 5.74) is 2.06. The monoisotopic (exact) mass is 333 g/mol. The Balaban J connectivity index is 1.43. The molecule has 2 heterocycles. The van der Waals surface area contributed by atoms with Crippen molar-refractivity contribution in [2.24, 2.45) is 0 Å². The molecule has 4 rings (SSSR count). The highest BCUT2D eigenvalue weighted by molar-refractivity contribution is 6.04. The van der Waals surface area contributed by atoms with Crippen LogP contribution in [0.3, 0.4) is 0 Å². The van der Waals surface area contributed by atoms with E-state index in [-0.39, 0.29) is 12.7 Å². The van der Waals surface area contributed by atoms with Crippen LogP contribution < -0.4 is 20.1 Å². The normalized spacial score (nSPS) is 11.8. The van der Waals surface area contributed by atoms with Gasteiger partial charge in [-0.05, 0) is 42.5 Å². The minimum atomic E-state index is -0.233. The van der Waals surface area contributed by atoms with Crippen molar-refractivity contribution in [3.05, 3.63) is 72.4 Å². The number of nitrogens with one attached hydrogen (secondary N) is 2. The van der Waals surface area contributed by atoms with Crippen molar-refractivity contribution in [1.29, 1.82) is 0 Å². The van der Waals surface area contributed by atoms with Gasteiger partial charge in [0, 0.05) is 11.3 Å². The van der Waals surface area contributed by atoms with Crippen LogP contribution in [0.1, 0.15) is 10.4 Å². The van der Waals surface area contributed by atoms with Crippen molar-refractivity contribution in [2.75, 3.05) is 17.4 Å². The van der Waals surface area contributed by atoms with Gasteiger partial charge in [-0.1, -0.05) is 18.2 Å². The molecular formula is C19H15N3O3. The summed E-state index contributed by atoms with van der Waals surface area (Å²) in [6, 6.07) is 18.4. The fraction of sp³-hybridized carbons (Fsp3) is 0.0526. The molecule has 3 aromatic rings. The van der Waals surface area contributed by atoms with E-state index in [9.17, 15) is 4.79 Å². The van der Waals surface area contributed by atoms with Crippen LogP contribution in [0.25, 0.3) is 0 Å². The first-order valence-corrected chi connectivity index (χ1v) is 7.77. The number of amides is 1. The van der Waals surface area contributed by atoms with Gasteiger partial charge in [-0.2, -0.15) is 0 Å². The maximum atomic E-state index is 12.3. The summed E-state index contributed by atoms with van der Waals surface area (Å²) >= 11 is 0. The third-order valence-corrected chi connectivity index (χ3v) is 3.70. The number of hydrogen-bond acceptors (Lipinski definition) is 5. The van der Waals surface area contributed by atoms with Crippen LogP contribution >= 0.6 is 0 Å². The molecule has 0 saturated carbocycles. The molecule has 1 aliphatic heterocycles. The van der Waals surface area contributed by atoms with Gasteiger partial charge in [0.1, 0.15) is 5.82 Å². The predicted octanol–water partition coefficient (Wildman–Crippen LogP) is 3.81. The van der Waals surface area contributed by atoms with Gasteiger partial charge in [-0.15, -0.1) is 0 Å². The van der Waals surface area contributed by atoms with Crippen LogP contribution in [0.2, 0.25) is 0 Å². The Labute approximate surface area is 144 Å². The zero-order valence-corrected chi connectivity index (χ0v) is 13.2. The first kappa shape index (κ1) is 15.0. The van der Waals surface area contributed by atoms with Crippen molar-refractivity contribution in [3.8, 4) is 11.5 Å². The van der Waals surface area contributed by atoms with Crippen LogP contribution in [-0.4, -0.2) is 17.7 Å². The highest BCUT2D eigenvalue weighted by atomic mass is 16.7. The molecule has 0 atom stereocenters. The van der Waals surface area contributed by atoms with Crippen LogP contribution in [-0.2, 0) is 0 Å². The topological polar surface area (TPSA) is 72.5 Å². The number of aromatic nitrogens is 1. The quantitative estimate of drug-likeness (QED) is 0.760. The summed E-state index contributed by atoms with van der Waals surface area (Å²) in [5, 5.41) is 6.01. The molecule has 25 heavy (non-hydrogen) atoms. The lowest BCUT2D eigenvalue weighted by Gasteiger charge is -2.08. The third-order valence-electron chi connectivity index (χ3n) is 3.70. The van der Waals surface area contributed by atoms with E-state index < -0.39 is 0 Å². The van der Waals surface area contributed by atoms with E-state index in [1.54, 1.807) is 30.5 Å². The molecule has 0 saturated heterocycles. The van der Waals surface area contributed by atoms with Crippen LogP contribution in [0.15, 0.2) is 66.9 Å². The molecule has 0 radical (unpaired) electrons. The van der Waals surface area contributed by atoms with Crippen molar-refractivity contribution in [2.45, 2.75) is 0 Å². The van der Waals surface area contributed by atoms with Crippen molar-refractivity contribution in [1.82, 2.24) is 4.98 Å². The fourth-order valence-corrected chi connectivity index (χ4v) is 2.45. The Morgan fingerprint density at radius 1 is 0.920 bits per heavy atom. The van der Waals surface area contributed by atoms with E-state index in [0.29, 0.717) is 28.6 Å². The largest absolute Gasteiger partial charge is 0.454 e. The number of fused-ring (bicyclic) bond motifs is 1. The number of para-hydroxylation sites is 1. The second-order valence-corrected chi connectivity index (χ2v) is 5.45. The van der Waals surface area contributed by atoms with Gasteiger partial charge in [-0.3, -0.25) is 4.79 Å². The van der Waals surface area contributed by atoms with Gasteiger partial charge < -0.3 is 20.1 Å². The van der Waals surface area contributed by atoms with E-state index >= 15 is 0 Å². The van der Waals surface area contributed by atoms with E-state index in [4.69, 9.17) is 9.47 Å². The second-order valence-electron chi connectivity index (χ2n) is 5.45. The summed E-state index contributed by atoms with van der Waals surface area (Å²) in [6.07, 6.45) is 1.61. The number of carbonyl (C=O) groups excluding carboxylic acids is 1. The van der Waals surface area contributed by atoms with Crippen molar-refractivity contribution >= 4 is 23.1 Å². The molecule has 0 unspecified atom stereocenters. The third kappa shape index (κ3) is 3.37. The summed E-state index contributed by atoms with van der Waals surface area (Å²) in [4.78, 5) is 16.6. The minimum absolute atomic E-state index is 0.181. The number of rotatable bonds is 4. The maximum Gasteiger partial charge on any atom is 0.255 e. The Morgan fingerprint density at radius 2 is 1.76 bits per heavy atom. The molecule has 0 aliphatic carbocycles. The number of carbonyl (C=O) groups is 1. The Morgan fingerprint density at radius 3 is 2.56 bits per heavy atom. The second kappa shape index (κ2) is 6.52. The Hall–Kier alpha value is -3.54. The molecule has 0 fully saturated rings. The van der Waals surface area contributed by atoms with Gasteiger partial charge in [0.2, 0.25) is 6.79 Å². The van der Waals surface area contributed by atoms with Gasteiger partial charge in [-0.25, -0.2) is 4.98 Å². The average Bonchev–Trinajstić information content (AvgIpc) is 3.12. The Bertz CT molecular complexity index is 896. The van der Waals surface area contributed by atoms with Crippen LogP contribution in [0.4, 0.5) is 17.2 Å². The molecule has 1 amide bonds. The van der Waals surface area contributed by atoms with Gasteiger partial charge in [0.25, 0.3) is 5.91 Å².